The molecule has 0 radical (unpaired) electrons. The molecule has 2 amide bonds. The number of hydrogen-bond acceptors (Lipinski definition) is 4. The maximum atomic E-state index is 13.0. The van der Waals surface area contributed by atoms with Crippen LogP contribution in [0, 0.1) is 18.3 Å². The molecule has 1 saturated heterocycles. The van der Waals surface area contributed by atoms with Crippen LogP contribution >= 0.6 is 35.0 Å². The monoisotopic (exact) mass is 502 g/mol. The number of rotatable bonds is 9. The summed E-state index contributed by atoms with van der Waals surface area (Å²) in [5.41, 5.74) is 0.349. The summed E-state index contributed by atoms with van der Waals surface area (Å²) in [5.74, 6) is 2.27. The molecule has 0 aromatic heterocycles. The number of halogens is 2. The largest absolute Gasteiger partial charge is 0.480 e. The van der Waals surface area contributed by atoms with Gasteiger partial charge < -0.3 is 15.0 Å². The van der Waals surface area contributed by atoms with Crippen molar-refractivity contribution in [3.8, 4) is 18.1 Å². The van der Waals surface area contributed by atoms with Gasteiger partial charge in [-0.1, -0.05) is 47.0 Å². The highest BCUT2D eigenvalue weighted by molar-refractivity contribution is 8.02. The van der Waals surface area contributed by atoms with Gasteiger partial charge in [-0.25, -0.2) is 0 Å². The first-order chi connectivity index (χ1) is 16.0. The molecule has 1 aliphatic heterocycles. The lowest BCUT2D eigenvalue weighted by atomic mass is 10.1. The van der Waals surface area contributed by atoms with Crippen LogP contribution in [0.2, 0.25) is 10.0 Å². The average molecular weight is 503 g/mol. The van der Waals surface area contributed by atoms with Crippen molar-refractivity contribution in [1.29, 1.82) is 0 Å². The third kappa shape index (κ3) is 7.46. The average Bonchev–Trinajstić information content (AvgIpc) is 3.31. The zero-order valence-electron chi connectivity index (χ0n) is 17.9. The topological polar surface area (TPSA) is 58.6 Å². The Kier molecular flexibility index (Phi) is 9.56. The van der Waals surface area contributed by atoms with E-state index in [1.54, 1.807) is 34.9 Å². The molecule has 0 saturated carbocycles. The first-order valence-electron chi connectivity index (χ1n) is 10.5. The lowest BCUT2D eigenvalue weighted by molar-refractivity contribution is -0.124. The molecule has 1 heterocycles. The fraction of sp³-hybridized carbons (Fsp3) is 0.280. The summed E-state index contributed by atoms with van der Waals surface area (Å²) in [5, 5.41) is 6.10. The number of carbonyl (C=O) groups is 2. The van der Waals surface area contributed by atoms with E-state index in [2.05, 4.69) is 11.2 Å². The number of terminal acetylenes is 1. The highest BCUT2D eigenvalue weighted by Gasteiger charge is 2.32. The van der Waals surface area contributed by atoms with E-state index >= 15 is 0 Å². The van der Waals surface area contributed by atoms with E-state index in [1.165, 1.54) is 0 Å². The maximum Gasteiger partial charge on any atom is 0.257 e. The van der Waals surface area contributed by atoms with Crippen molar-refractivity contribution in [3.63, 3.8) is 0 Å². The summed E-state index contributed by atoms with van der Waals surface area (Å²) in [6.07, 6.45) is 8.60. The molecule has 0 bridgehead atoms. The number of nitrogens with one attached hydrogen (secondary N) is 1. The Balaban J connectivity index is 1.44. The van der Waals surface area contributed by atoms with Gasteiger partial charge in [-0.2, -0.15) is 0 Å². The number of ether oxygens (including phenoxy) is 1. The number of hydrogen-bond donors (Lipinski definition) is 1. The summed E-state index contributed by atoms with van der Waals surface area (Å²) >= 11 is 13.5. The highest BCUT2D eigenvalue weighted by atomic mass is 35.5. The Labute approximate surface area is 208 Å². The Bertz CT molecular complexity index is 1050. The van der Waals surface area contributed by atoms with E-state index in [-0.39, 0.29) is 24.3 Å². The second kappa shape index (κ2) is 12.6. The minimum Gasteiger partial charge on any atom is -0.480 e. The van der Waals surface area contributed by atoms with Crippen molar-refractivity contribution < 1.29 is 14.3 Å². The fourth-order valence-corrected chi connectivity index (χ4v) is 4.36. The van der Waals surface area contributed by atoms with Gasteiger partial charge in [-0.15, -0.1) is 6.42 Å². The lowest BCUT2D eigenvalue weighted by Gasteiger charge is -2.18. The molecule has 0 unspecified atom stereocenters. The Hall–Kier alpha value is -2.59. The quantitative estimate of drug-likeness (QED) is 0.288. The molecule has 0 aliphatic carbocycles. The van der Waals surface area contributed by atoms with Crippen LogP contribution in [-0.4, -0.2) is 43.0 Å². The van der Waals surface area contributed by atoms with Gasteiger partial charge >= 0.3 is 0 Å². The van der Waals surface area contributed by atoms with Crippen LogP contribution in [0.25, 0.3) is 0 Å². The van der Waals surface area contributed by atoms with Crippen molar-refractivity contribution in [3.05, 3.63) is 69.6 Å². The van der Waals surface area contributed by atoms with Crippen molar-refractivity contribution >= 4 is 46.8 Å². The third-order valence-corrected chi connectivity index (χ3v) is 6.41. The van der Waals surface area contributed by atoms with Crippen LogP contribution in [0.15, 0.2) is 58.8 Å². The van der Waals surface area contributed by atoms with Gasteiger partial charge in [0, 0.05) is 34.6 Å². The van der Waals surface area contributed by atoms with Crippen molar-refractivity contribution in [2.45, 2.75) is 17.7 Å². The van der Waals surface area contributed by atoms with Crippen LogP contribution in [0.5, 0.6) is 5.75 Å². The Morgan fingerprint density at radius 1 is 1.21 bits per heavy atom. The number of likely N-dealkylation sites (tertiary alicyclic amines) is 1. The second-order valence-corrected chi connectivity index (χ2v) is 9.25. The van der Waals surface area contributed by atoms with E-state index in [9.17, 15) is 9.59 Å². The zero-order valence-corrected chi connectivity index (χ0v) is 20.3. The smallest absolute Gasteiger partial charge is 0.257 e. The van der Waals surface area contributed by atoms with Gasteiger partial charge in [0.1, 0.15) is 12.4 Å². The molecule has 1 atom stereocenters. The SMILES string of the molecule is C#CCOc1ccc(Cl)cc1C(=O)N1CC[C@H](C(=O)NCC/C=C/Sc2ccc(Cl)cc2)C1. The minimum absolute atomic E-state index is 0.0426. The van der Waals surface area contributed by atoms with Crippen molar-refractivity contribution in [1.82, 2.24) is 10.2 Å². The van der Waals surface area contributed by atoms with Crippen LogP contribution in [0.1, 0.15) is 23.2 Å². The molecular weight excluding hydrogens is 479 g/mol. The first-order valence-corrected chi connectivity index (χ1v) is 12.1. The van der Waals surface area contributed by atoms with Crippen LogP contribution in [-0.2, 0) is 4.79 Å². The molecule has 172 valence electrons. The number of amides is 2. The minimum atomic E-state index is -0.240. The van der Waals surface area contributed by atoms with E-state index in [4.69, 9.17) is 34.4 Å². The van der Waals surface area contributed by atoms with Gasteiger partial charge in [0.25, 0.3) is 5.91 Å². The van der Waals surface area contributed by atoms with Crippen molar-refractivity contribution in [2.24, 2.45) is 5.92 Å². The number of carbonyl (C=O) groups excluding carboxylic acids is 2. The number of benzene rings is 2. The summed E-state index contributed by atoms with van der Waals surface area (Å²) in [7, 11) is 0. The molecule has 8 heteroatoms. The molecule has 1 N–H and O–H groups in total. The van der Waals surface area contributed by atoms with Gasteiger partial charge in [0.2, 0.25) is 5.91 Å². The standard InChI is InChI=1S/C25H24Cl2N2O3S/c1-2-14-32-23-10-7-20(27)16-22(23)25(31)29-13-11-18(17-29)24(30)28-12-3-4-15-33-21-8-5-19(26)6-9-21/h1,4-10,15-16,18H,3,11-14,17H2,(H,28,30)/b15-4+/t18-/m0/s1. The summed E-state index contributed by atoms with van der Waals surface area (Å²) in [6.45, 7) is 1.45. The maximum absolute atomic E-state index is 13.0. The third-order valence-electron chi connectivity index (χ3n) is 5.05. The van der Waals surface area contributed by atoms with Gasteiger partial charge in [0.15, 0.2) is 0 Å². The van der Waals surface area contributed by atoms with E-state index in [0.29, 0.717) is 47.4 Å². The molecule has 33 heavy (non-hydrogen) atoms. The second-order valence-electron chi connectivity index (χ2n) is 7.39. The summed E-state index contributed by atoms with van der Waals surface area (Å²) < 4.78 is 5.48. The molecule has 0 spiro atoms. The summed E-state index contributed by atoms with van der Waals surface area (Å²) in [4.78, 5) is 28.3. The first kappa shape index (κ1) is 25.0. The number of thioether (sulfide) groups is 1. The molecule has 2 aromatic rings. The zero-order chi connectivity index (χ0) is 23.6. The van der Waals surface area contributed by atoms with Gasteiger partial charge in [0.05, 0.1) is 11.5 Å². The van der Waals surface area contributed by atoms with Gasteiger partial charge in [-0.3, -0.25) is 9.59 Å². The lowest BCUT2D eigenvalue weighted by Crippen LogP contribution is -2.35. The molecule has 5 nitrogen and oxygen atoms in total. The van der Waals surface area contributed by atoms with Gasteiger partial charge in [-0.05, 0) is 60.7 Å². The van der Waals surface area contributed by atoms with Crippen molar-refractivity contribution in [2.75, 3.05) is 26.2 Å². The van der Waals surface area contributed by atoms with Crippen LogP contribution in [0.3, 0.4) is 0 Å². The van der Waals surface area contributed by atoms with Crippen LogP contribution < -0.4 is 10.1 Å². The predicted molar refractivity (Wildman–Crippen MR) is 134 cm³/mol. The molecule has 2 aromatic carbocycles. The summed E-state index contributed by atoms with van der Waals surface area (Å²) in [6, 6.07) is 12.5. The normalized spacial score (nSPS) is 15.4. The van der Waals surface area contributed by atoms with Crippen LogP contribution in [0.4, 0.5) is 0 Å². The van der Waals surface area contributed by atoms with E-state index < -0.39 is 0 Å². The Morgan fingerprint density at radius 3 is 2.73 bits per heavy atom. The number of nitrogens with zero attached hydrogens (tertiary/aromatic N) is 1. The highest BCUT2D eigenvalue weighted by Crippen LogP contribution is 2.27. The molecule has 1 aliphatic rings. The Morgan fingerprint density at radius 2 is 1.97 bits per heavy atom. The fourth-order valence-electron chi connectivity index (χ4n) is 3.37. The molecule has 3 rings (SSSR count). The predicted octanol–water partition coefficient (Wildman–Crippen LogP) is 5.28. The molecule has 1 fully saturated rings. The van der Waals surface area contributed by atoms with E-state index in [1.807, 2.05) is 35.7 Å². The van der Waals surface area contributed by atoms with E-state index in [0.717, 1.165) is 11.3 Å². The molecular formula is C25H24Cl2N2O3S.